The number of thioether (sulfide) groups is 1. The molecule has 1 fully saturated rings. The maximum Gasteiger partial charge on any atom is 0.0861 e. The van der Waals surface area contributed by atoms with E-state index in [4.69, 9.17) is 4.74 Å². The fourth-order valence-corrected chi connectivity index (χ4v) is 2.20. The van der Waals surface area contributed by atoms with Gasteiger partial charge in [0.1, 0.15) is 0 Å². The molecule has 4 heteroatoms. The van der Waals surface area contributed by atoms with Crippen LogP contribution in [0.2, 0.25) is 0 Å². The first-order chi connectivity index (χ1) is 6.74. The Morgan fingerprint density at radius 2 is 2.36 bits per heavy atom. The monoisotopic (exact) mass is 216 g/mol. The second kappa shape index (κ2) is 6.30. The number of methoxy groups -OCH3 is 1. The first-order valence-electron chi connectivity index (χ1n) is 5.08. The molecule has 14 heavy (non-hydrogen) atoms. The van der Waals surface area contributed by atoms with E-state index >= 15 is 0 Å². The number of ether oxygens (including phenoxy) is 1. The van der Waals surface area contributed by atoms with E-state index in [1.807, 2.05) is 18.1 Å². The molecule has 1 atom stereocenters. The van der Waals surface area contributed by atoms with Crippen LogP contribution in [-0.2, 0) is 4.74 Å². The van der Waals surface area contributed by atoms with E-state index in [9.17, 15) is 0 Å². The molecular weight excluding hydrogens is 196 g/mol. The molecule has 1 heterocycles. The third-order valence-electron chi connectivity index (χ3n) is 2.31. The molecule has 1 rings (SSSR count). The molecule has 3 nitrogen and oxygen atoms in total. The van der Waals surface area contributed by atoms with Crippen LogP contribution in [-0.4, -0.2) is 49.2 Å². The molecular formula is C10H20N2OS. The third kappa shape index (κ3) is 3.88. The SMILES string of the molecule is COCC(N=CN1CCSC1)C(C)C. The Labute approximate surface area is 90.9 Å². The van der Waals surface area contributed by atoms with Crippen molar-refractivity contribution in [3.63, 3.8) is 0 Å². The van der Waals surface area contributed by atoms with Crippen molar-refractivity contribution >= 4 is 18.1 Å². The van der Waals surface area contributed by atoms with Crippen molar-refractivity contribution in [2.24, 2.45) is 10.9 Å². The zero-order valence-corrected chi connectivity index (χ0v) is 10.1. The van der Waals surface area contributed by atoms with Crippen molar-refractivity contribution in [1.82, 2.24) is 4.90 Å². The van der Waals surface area contributed by atoms with E-state index in [0.717, 1.165) is 19.0 Å². The molecule has 0 aromatic carbocycles. The molecule has 0 aromatic rings. The van der Waals surface area contributed by atoms with Crippen LogP contribution in [0.1, 0.15) is 13.8 Å². The molecule has 0 amide bonds. The van der Waals surface area contributed by atoms with Crippen molar-refractivity contribution in [3.8, 4) is 0 Å². The summed E-state index contributed by atoms with van der Waals surface area (Å²) < 4.78 is 5.14. The summed E-state index contributed by atoms with van der Waals surface area (Å²) in [6.07, 6.45) is 1.99. The van der Waals surface area contributed by atoms with Gasteiger partial charge in [0.15, 0.2) is 0 Å². The summed E-state index contributed by atoms with van der Waals surface area (Å²) in [6, 6.07) is 0.297. The minimum Gasteiger partial charge on any atom is -0.382 e. The highest BCUT2D eigenvalue weighted by atomic mass is 32.2. The first-order valence-corrected chi connectivity index (χ1v) is 6.23. The standard InChI is InChI=1S/C10H20N2OS/c1-9(2)10(6-13-3)11-7-12-4-5-14-8-12/h7,9-10H,4-6,8H2,1-3H3. The van der Waals surface area contributed by atoms with Crippen LogP contribution in [0.25, 0.3) is 0 Å². The van der Waals surface area contributed by atoms with E-state index in [2.05, 4.69) is 23.7 Å². The van der Waals surface area contributed by atoms with Gasteiger partial charge < -0.3 is 9.64 Å². The number of rotatable bonds is 5. The van der Waals surface area contributed by atoms with E-state index < -0.39 is 0 Å². The molecule has 1 unspecified atom stereocenters. The van der Waals surface area contributed by atoms with Crippen molar-refractivity contribution in [1.29, 1.82) is 0 Å². The molecule has 0 radical (unpaired) electrons. The summed E-state index contributed by atoms with van der Waals surface area (Å²) in [5, 5.41) is 0. The van der Waals surface area contributed by atoms with E-state index in [1.54, 1.807) is 7.11 Å². The zero-order chi connectivity index (χ0) is 10.4. The van der Waals surface area contributed by atoms with Gasteiger partial charge in [-0.1, -0.05) is 13.8 Å². The largest absolute Gasteiger partial charge is 0.382 e. The van der Waals surface area contributed by atoms with Crippen LogP contribution in [0.15, 0.2) is 4.99 Å². The van der Waals surface area contributed by atoms with Gasteiger partial charge in [-0.25, -0.2) is 0 Å². The Morgan fingerprint density at radius 3 is 2.86 bits per heavy atom. The van der Waals surface area contributed by atoms with E-state index in [0.29, 0.717) is 12.0 Å². The first kappa shape index (κ1) is 11.9. The minimum absolute atomic E-state index is 0.297. The number of nitrogens with zero attached hydrogens (tertiary/aromatic N) is 2. The third-order valence-corrected chi connectivity index (χ3v) is 3.29. The lowest BCUT2D eigenvalue weighted by atomic mass is 10.1. The lowest BCUT2D eigenvalue weighted by Gasteiger charge is -2.17. The molecule has 0 aromatic heterocycles. The van der Waals surface area contributed by atoms with Crippen LogP contribution in [0.4, 0.5) is 0 Å². The molecule has 0 spiro atoms. The fraction of sp³-hybridized carbons (Fsp3) is 0.900. The molecule has 1 aliphatic heterocycles. The lowest BCUT2D eigenvalue weighted by molar-refractivity contribution is 0.165. The average molecular weight is 216 g/mol. The van der Waals surface area contributed by atoms with Crippen LogP contribution < -0.4 is 0 Å². The topological polar surface area (TPSA) is 24.8 Å². The molecule has 82 valence electrons. The zero-order valence-electron chi connectivity index (χ0n) is 9.27. The predicted octanol–water partition coefficient (Wildman–Crippen LogP) is 1.69. The summed E-state index contributed by atoms with van der Waals surface area (Å²) in [5.74, 6) is 2.85. The second-order valence-electron chi connectivity index (χ2n) is 3.88. The van der Waals surface area contributed by atoms with Gasteiger partial charge in [-0.05, 0) is 5.92 Å². The minimum atomic E-state index is 0.297. The van der Waals surface area contributed by atoms with Gasteiger partial charge in [-0.3, -0.25) is 4.99 Å². The van der Waals surface area contributed by atoms with Crippen LogP contribution >= 0.6 is 11.8 Å². The van der Waals surface area contributed by atoms with Gasteiger partial charge in [-0.2, -0.15) is 0 Å². The summed E-state index contributed by atoms with van der Waals surface area (Å²) in [6.45, 7) is 6.21. The lowest BCUT2D eigenvalue weighted by Crippen LogP contribution is -2.23. The summed E-state index contributed by atoms with van der Waals surface area (Å²) in [4.78, 5) is 6.82. The Balaban J connectivity index is 2.36. The number of hydrogen-bond donors (Lipinski definition) is 0. The maximum absolute atomic E-state index is 5.14. The van der Waals surface area contributed by atoms with Crippen molar-refractivity contribution in [2.75, 3.05) is 31.9 Å². The Kier molecular flexibility index (Phi) is 5.33. The number of aliphatic imine (C=N–C) groups is 1. The summed E-state index contributed by atoms with van der Waals surface area (Å²) >= 11 is 1.96. The highest BCUT2D eigenvalue weighted by molar-refractivity contribution is 7.99. The van der Waals surface area contributed by atoms with Crippen LogP contribution in [0.3, 0.4) is 0 Å². The van der Waals surface area contributed by atoms with Crippen LogP contribution in [0.5, 0.6) is 0 Å². The highest BCUT2D eigenvalue weighted by Gasteiger charge is 2.12. The highest BCUT2D eigenvalue weighted by Crippen LogP contribution is 2.12. The Hall–Kier alpha value is -0.220. The maximum atomic E-state index is 5.14. The van der Waals surface area contributed by atoms with Gasteiger partial charge in [0, 0.05) is 19.4 Å². The molecule has 1 saturated heterocycles. The average Bonchev–Trinajstić information content (AvgIpc) is 2.64. The van der Waals surface area contributed by atoms with E-state index in [-0.39, 0.29) is 0 Å². The van der Waals surface area contributed by atoms with Crippen molar-refractivity contribution < 1.29 is 4.74 Å². The molecule has 0 saturated carbocycles. The van der Waals surface area contributed by atoms with Gasteiger partial charge in [-0.15, -0.1) is 11.8 Å². The van der Waals surface area contributed by atoms with Gasteiger partial charge in [0.25, 0.3) is 0 Å². The molecule has 0 bridgehead atoms. The molecule has 1 aliphatic rings. The molecule has 0 N–H and O–H groups in total. The second-order valence-corrected chi connectivity index (χ2v) is 4.96. The van der Waals surface area contributed by atoms with Crippen LogP contribution in [0, 0.1) is 5.92 Å². The summed E-state index contributed by atoms with van der Waals surface area (Å²) in [5.41, 5.74) is 0. The predicted molar refractivity (Wildman–Crippen MR) is 63.0 cm³/mol. The van der Waals surface area contributed by atoms with Gasteiger partial charge >= 0.3 is 0 Å². The van der Waals surface area contributed by atoms with Gasteiger partial charge in [0.05, 0.1) is 24.9 Å². The Morgan fingerprint density at radius 1 is 1.57 bits per heavy atom. The Bertz CT molecular complexity index is 179. The van der Waals surface area contributed by atoms with Gasteiger partial charge in [0.2, 0.25) is 0 Å². The fourth-order valence-electron chi connectivity index (χ4n) is 1.28. The normalized spacial score (nSPS) is 19.9. The molecule has 0 aliphatic carbocycles. The quantitative estimate of drug-likeness (QED) is 0.516. The summed E-state index contributed by atoms with van der Waals surface area (Å²) in [7, 11) is 1.73. The smallest absolute Gasteiger partial charge is 0.0861 e. The number of hydrogen-bond acceptors (Lipinski definition) is 3. The van der Waals surface area contributed by atoms with Crippen molar-refractivity contribution in [3.05, 3.63) is 0 Å². The van der Waals surface area contributed by atoms with E-state index in [1.165, 1.54) is 5.75 Å². The van der Waals surface area contributed by atoms with Crippen molar-refractivity contribution in [2.45, 2.75) is 19.9 Å².